The zero-order chi connectivity index (χ0) is 18.8. The van der Waals surface area contributed by atoms with Crippen molar-refractivity contribution < 1.29 is 34.8 Å². The van der Waals surface area contributed by atoms with E-state index < -0.39 is 38.4 Å². The summed E-state index contributed by atoms with van der Waals surface area (Å²) in [5, 5.41) is 0. The Morgan fingerprint density at radius 2 is 1.62 bits per heavy atom. The summed E-state index contributed by atoms with van der Waals surface area (Å²) in [5.74, 6) is 0. The third-order valence-corrected chi connectivity index (χ3v) is 4.48. The predicted molar refractivity (Wildman–Crippen MR) is 74.8 cm³/mol. The van der Waals surface area contributed by atoms with Crippen LogP contribution in [0, 0.1) is 0 Å². The molecule has 0 heterocycles. The summed E-state index contributed by atoms with van der Waals surface area (Å²) in [6, 6.07) is 0.322. The van der Waals surface area contributed by atoms with Gasteiger partial charge in [0.2, 0.25) is 10.0 Å². The van der Waals surface area contributed by atoms with Gasteiger partial charge in [-0.15, -0.1) is 0 Å². The van der Waals surface area contributed by atoms with E-state index in [-0.39, 0.29) is 31.2 Å². The van der Waals surface area contributed by atoms with E-state index in [1.807, 2.05) is 4.72 Å². The first-order chi connectivity index (χ1) is 10.7. The number of halogens is 6. The van der Waals surface area contributed by atoms with Gasteiger partial charge in [0, 0.05) is 6.54 Å². The number of hydrogen-bond donors (Lipinski definition) is 1. The third kappa shape index (κ3) is 5.64. The summed E-state index contributed by atoms with van der Waals surface area (Å²) in [6.07, 6.45) is -9.77. The summed E-state index contributed by atoms with van der Waals surface area (Å²) in [6.45, 7) is 0.255. The van der Waals surface area contributed by atoms with Crippen LogP contribution in [0.2, 0.25) is 0 Å². The van der Waals surface area contributed by atoms with E-state index in [1.54, 1.807) is 19.0 Å². The fraction of sp³-hybridized carbons (Fsp3) is 0.538. The Labute approximate surface area is 135 Å². The Morgan fingerprint density at radius 1 is 1.04 bits per heavy atom. The lowest BCUT2D eigenvalue weighted by molar-refractivity contribution is -0.143. The second-order valence-corrected chi connectivity index (χ2v) is 7.00. The molecule has 0 saturated carbocycles. The molecule has 24 heavy (non-hydrogen) atoms. The first-order valence-electron chi connectivity index (χ1n) is 6.68. The molecule has 4 nitrogen and oxygen atoms in total. The van der Waals surface area contributed by atoms with E-state index in [0.717, 1.165) is 0 Å². The molecule has 0 aromatic heterocycles. The molecular weight excluding hydrogens is 362 g/mol. The van der Waals surface area contributed by atoms with Crippen molar-refractivity contribution in [3.63, 3.8) is 0 Å². The average Bonchev–Trinajstić information content (AvgIpc) is 2.41. The molecule has 138 valence electrons. The Bertz CT molecular complexity index is 668. The molecule has 1 aromatic carbocycles. The van der Waals surface area contributed by atoms with Crippen LogP contribution in [0.3, 0.4) is 0 Å². The third-order valence-electron chi connectivity index (χ3n) is 2.98. The molecule has 0 spiro atoms. The molecule has 0 amide bonds. The molecule has 0 bridgehead atoms. The first kappa shape index (κ1) is 20.7. The van der Waals surface area contributed by atoms with Crippen LogP contribution in [-0.4, -0.2) is 40.5 Å². The predicted octanol–water partition coefficient (Wildman–Crippen LogP) is 2.95. The zero-order valence-electron chi connectivity index (χ0n) is 12.8. The minimum atomic E-state index is -5.10. The molecule has 0 atom stereocenters. The second-order valence-electron chi connectivity index (χ2n) is 5.26. The highest BCUT2D eigenvalue weighted by Crippen LogP contribution is 2.38. The van der Waals surface area contributed by atoms with Gasteiger partial charge in [0.25, 0.3) is 0 Å². The molecule has 0 fully saturated rings. The summed E-state index contributed by atoms with van der Waals surface area (Å²) in [4.78, 5) is 0.286. The van der Waals surface area contributed by atoms with Crippen LogP contribution in [0.5, 0.6) is 0 Å². The van der Waals surface area contributed by atoms with Gasteiger partial charge >= 0.3 is 12.4 Å². The fourth-order valence-electron chi connectivity index (χ4n) is 1.83. The van der Waals surface area contributed by atoms with Gasteiger partial charge < -0.3 is 4.90 Å². The molecule has 0 saturated heterocycles. The van der Waals surface area contributed by atoms with Gasteiger partial charge in [0.15, 0.2) is 0 Å². The average molecular weight is 378 g/mol. The maximum absolute atomic E-state index is 12.9. The van der Waals surface area contributed by atoms with Crippen LogP contribution in [0.15, 0.2) is 23.1 Å². The number of benzene rings is 1. The Morgan fingerprint density at radius 3 is 2.08 bits per heavy atom. The maximum Gasteiger partial charge on any atom is 0.417 e. The molecule has 0 aliphatic heterocycles. The van der Waals surface area contributed by atoms with Crippen LogP contribution in [-0.2, 0) is 22.4 Å². The molecule has 0 radical (unpaired) electrons. The van der Waals surface area contributed by atoms with Crippen molar-refractivity contribution >= 4 is 10.0 Å². The van der Waals surface area contributed by atoms with Gasteiger partial charge in [-0.3, -0.25) is 0 Å². The summed E-state index contributed by atoms with van der Waals surface area (Å²) in [5.41, 5.74) is -3.11. The van der Waals surface area contributed by atoms with Crippen molar-refractivity contribution in [1.82, 2.24) is 9.62 Å². The Hall–Kier alpha value is -1.33. The van der Waals surface area contributed by atoms with Crippen LogP contribution in [0.25, 0.3) is 0 Å². The zero-order valence-corrected chi connectivity index (χ0v) is 13.6. The number of alkyl halides is 6. The van der Waals surface area contributed by atoms with Crippen LogP contribution >= 0.6 is 0 Å². The number of nitrogens with one attached hydrogen (secondary N) is 1. The van der Waals surface area contributed by atoms with Crippen molar-refractivity contribution in [2.75, 3.05) is 27.2 Å². The van der Waals surface area contributed by atoms with Gasteiger partial charge in [-0.25, -0.2) is 13.1 Å². The normalized spacial score (nSPS) is 13.5. The summed E-state index contributed by atoms with van der Waals surface area (Å²) in [7, 11) is -1.32. The number of hydrogen-bond acceptors (Lipinski definition) is 3. The summed E-state index contributed by atoms with van der Waals surface area (Å²) < 4.78 is 103. The summed E-state index contributed by atoms with van der Waals surface area (Å²) >= 11 is 0. The van der Waals surface area contributed by atoms with E-state index in [1.165, 1.54) is 0 Å². The minimum absolute atomic E-state index is 0.00287. The molecule has 0 aliphatic carbocycles. The van der Waals surface area contributed by atoms with Gasteiger partial charge in [-0.2, -0.15) is 26.3 Å². The fourth-order valence-corrected chi connectivity index (χ4v) is 3.16. The van der Waals surface area contributed by atoms with Crippen molar-refractivity contribution in [1.29, 1.82) is 0 Å². The monoisotopic (exact) mass is 378 g/mol. The Balaban J connectivity index is 3.22. The molecule has 1 rings (SSSR count). The molecule has 1 N–H and O–H groups in total. The van der Waals surface area contributed by atoms with Gasteiger partial charge in [0.1, 0.15) is 0 Å². The minimum Gasteiger partial charge on any atom is -0.309 e. The van der Waals surface area contributed by atoms with Crippen molar-refractivity contribution in [3.05, 3.63) is 29.3 Å². The highest BCUT2D eigenvalue weighted by molar-refractivity contribution is 7.89. The lowest BCUT2D eigenvalue weighted by Crippen LogP contribution is -2.29. The van der Waals surface area contributed by atoms with Gasteiger partial charge in [0.05, 0.1) is 16.0 Å². The molecule has 11 heteroatoms. The lowest BCUT2D eigenvalue weighted by Gasteiger charge is -2.16. The largest absolute Gasteiger partial charge is 0.417 e. The van der Waals surface area contributed by atoms with Crippen molar-refractivity contribution in [2.45, 2.75) is 23.7 Å². The number of nitrogens with zero attached hydrogens (tertiary/aromatic N) is 1. The quantitative estimate of drug-likeness (QED) is 0.612. The highest BCUT2D eigenvalue weighted by Gasteiger charge is 2.40. The molecule has 1 aromatic rings. The number of rotatable bonds is 6. The molecular formula is C13H16F6N2O2S. The Kier molecular flexibility index (Phi) is 6.28. The van der Waals surface area contributed by atoms with Gasteiger partial charge in [-0.05, 0) is 45.3 Å². The molecule has 0 aliphatic rings. The smallest absolute Gasteiger partial charge is 0.309 e. The van der Waals surface area contributed by atoms with E-state index in [9.17, 15) is 34.8 Å². The van der Waals surface area contributed by atoms with Gasteiger partial charge in [-0.1, -0.05) is 0 Å². The van der Waals surface area contributed by atoms with Crippen molar-refractivity contribution in [3.8, 4) is 0 Å². The van der Waals surface area contributed by atoms with Crippen LogP contribution < -0.4 is 4.72 Å². The van der Waals surface area contributed by atoms with E-state index >= 15 is 0 Å². The lowest BCUT2D eigenvalue weighted by atomic mass is 10.1. The topological polar surface area (TPSA) is 49.4 Å². The second kappa shape index (κ2) is 7.28. The number of sulfonamides is 1. The van der Waals surface area contributed by atoms with Crippen LogP contribution in [0.1, 0.15) is 17.5 Å². The van der Waals surface area contributed by atoms with Crippen molar-refractivity contribution in [2.24, 2.45) is 0 Å². The first-order valence-corrected chi connectivity index (χ1v) is 8.16. The van der Waals surface area contributed by atoms with E-state index in [2.05, 4.69) is 0 Å². The standard InChI is InChI=1S/C13H16F6N2O2S/c1-21(2)7-3-6-20-24(22,23)11-8-9(12(14,15)16)4-5-10(11)13(17,18)19/h4-5,8,20H,3,6-7H2,1-2H3. The van der Waals surface area contributed by atoms with Crippen LogP contribution in [0.4, 0.5) is 26.3 Å². The highest BCUT2D eigenvalue weighted by atomic mass is 32.2. The SMILES string of the molecule is CN(C)CCCNS(=O)(=O)c1cc(C(F)(F)F)ccc1C(F)(F)F. The molecule has 0 unspecified atom stereocenters. The maximum atomic E-state index is 12.9. The van der Waals surface area contributed by atoms with E-state index in [0.29, 0.717) is 6.54 Å². The van der Waals surface area contributed by atoms with E-state index in [4.69, 9.17) is 0 Å².